The Morgan fingerprint density at radius 3 is 2.72 bits per heavy atom. The lowest BCUT2D eigenvalue weighted by Crippen LogP contribution is -2.51. The molecule has 0 unspecified atom stereocenters. The maximum absolute atomic E-state index is 14.1. The van der Waals surface area contributed by atoms with E-state index in [0.717, 1.165) is 12.8 Å². The minimum absolute atomic E-state index is 0.0625. The first-order valence-corrected chi connectivity index (χ1v) is 10.6. The van der Waals surface area contributed by atoms with Crippen molar-refractivity contribution in [1.82, 2.24) is 26.0 Å². The molecule has 1 atom stereocenters. The zero-order valence-electron chi connectivity index (χ0n) is 17.4. The van der Waals surface area contributed by atoms with Crippen molar-refractivity contribution in [2.24, 2.45) is 5.92 Å². The second kappa shape index (κ2) is 10.3. The lowest BCUT2D eigenvalue weighted by Gasteiger charge is -2.27. The van der Waals surface area contributed by atoms with Gasteiger partial charge in [-0.3, -0.25) is 9.59 Å². The summed E-state index contributed by atoms with van der Waals surface area (Å²) in [7, 11) is 0. The maximum atomic E-state index is 14.1. The number of Topliss-reactive ketones (excluding diaryl/α,β-unsaturated/α-hetero) is 1. The van der Waals surface area contributed by atoms with E-state index in [4.69, 9.17) is 8.94 Å². The van der Waals surface area contributed by atoms with Gasteiger partial charge in [0.15, 0.2) is 5.78 Å². The fourth-order valence-electron chi connectivity index (χ4n) is 3.44. The number of rotatable bonds is 11. The first-order chi connectivity index (χ1) is 15.6. The fourth-order valence-corrected chi connectivity index (χ4v) is 3.44. The molecule has 0 spiro atoms. The molecule has 32 heavy (non-hydrogen) atoms. The van der Waals surface area contributed by atoms with Gasteiger partial charge in [0.2, 0.25) is 11.8 Å². The van der Waals surface area contributed by atoms with Crippen LogP contribution in [0.5, 0.6) is 0 Å². The SMILES string of the molecule is O=C(CCCCC[C@H](NC(=O)C1CNC1)c1nnc(-c2ccccc2F)o1)c1ccon1. The van der Waals surface area contributed by atoms with Gasteiger partial charge in [0, 0.05) is 25.6 Å². The summed E-state index contributed by atoms with van der Waals surface area (Å²) in [5, 5.41) is 17.7. The molecule has 10 heteroatoms. The van der Waals surface area contributed by atoms with Crippen molar-refractivity contribution >= 4 is 11.7 Å². The van der Waals surface area contributed by atoms with Crippen LogP contribution in [0.15, 0.2) is 45.5 Å². The number of carbonyl (C=O) groups excluding carboxylic acids is 2. The third kappa shape index (κ3) is 5.25. The number of carbonyl (C=O) groups is 2. The Bertz CT molecular complexity index is 1050. The Morgan fingerprint density at radius 2 is 2.00 bits per heavy atom. The van der Waals surface area contributed by atoms with Gasteiger partial charge in [0.05, 0.1) is 11.5 Å². The van der Waals surface area contributed by atoms with E-state index in [2.05, 4.69) is 26.0 Å². The number of unbranched alkanes of at least 4 members (excludes halogenated alkanes) is 2. The molecule has 1 saturated heterocycles. The number of halogens is 1. The van der Waals surface area contributed by atoms with Crippen molar-refractivity contribution < 1.29 is 22.9 Å². The molecule has 4 rings (SSSR count). The lowest BCUT2D eigenvalue weighted by molar-refractivity contribution is -0.127. The van der Waals surface area contributed by atoms with Crippen molar-refractivity contribution in [3.8, 4) is 11.5 Å². The van der Waals surface area contributed by atoms with Gasteiger partial charge in [-0.15, -0.1) is 10.2 Å². The number of aromatic nitrogens is 3. The molecule has 1 fully saturated rings. The smallest absolute Gasteiger partial charge is 0.250 e. The molecule has 0 bridgehead atoms. The van der Waals surface area contributed by atoms with E-state index in [1.807, 2.05) is 0 Å². The van der Waals surface area contributed by atoms with Crippen molar-refractivity contribution in [2.75, 3.05) is 13.1 Å². The summed E-state index contributed by atoms with van der Waals surface area (Å²) in [5.41, 5.74) is 0.543. The van der Waals surface area contributed by atoms with Gasteiger partial charge in [-0.1, -0.05) is 30.1 Å². The first-order valence-electron chi connectivity index (χ1n) is 10.6. The number of hydrogen-bond donors (Lipinski definition) is 2. The Hall–Kier alpha value is -3.40. The number of benzene rings is 1. The molecule has 3 aromatic rings. The van der Waals surface area contributed by atoms with Gasteiger partial charge in [-0.2, -0.15) is 0 Å². The quantitative estimate of drug-likeness (QED) is 0.344. The van der Waals surface area contributed by atoms with E-state index >= 15 is 0 Å². The van der Waals surface area contributed by atoms with Crippen LogP contribution in [0.25, 0.3) is 11.5 Å². The minimum atomic E-state index is -0.484. The molecule has 2 N–H and O–H groups in total. The van der Waals surface area contributed by atoms with Crippen LogP contribution in [0.4, 0.5) is 4.39 Å². The highest BCUT2D eigenvalue weighted by molar-refractivity contribution is 5.93. The molecular formula is C22H24FN5O4. The minimum Gasteiger partial charge on any atom is -0.418 e. The highest BCUT2D eigenvalue weighted by Gasteiger charge is 2.29. The average molecular weight is 441 g/mol. The summed E-state index contributed by atoms with van der Waals surface area (Å²) in [6, 6.07) is 7.22. The number of ketones is 1. The highest BCUT2D eigenvalue weighted by atomic mass is 19.1. The zero-order valence-corrected chi connectivity index (χ0v) is 17.4. The summed E-state index contributed by atoms with van der Waals surface area (Å²) < 4.78 is 24.5. The summed E-state index contributed by atoms with van der Waals surface area (Å²) in [4.78, 5) is 24.5. The van der Waals surface area contributed by atoms with Crippen molar-refractivity contribution in [3.63, 3.8) is 0 Å². The van der Waals surface area contributed by atoms with E-state index in [9.17, 15) is 14.0 Å². The van der Waals surface area contributed by atoms with Gasteiger partial charge in [0.1, 0.15) is 23.8 Å². The van der Waals surface area contributed by atoms with Crippen LogP contribution in [0, 0.1) is 11.7 Å². The second-order valence-corrected chi connectivity index (χ2v) is 7.75. The van der Waals surface area contributed by atoms with Crippen LogP contribution in [0.1, 0.15) is 54.5 Å². The van der Waals surface area contributed by atoms with Crippen molar-refractivity contribution in [2.45, 2.75) is 38.1 Å². The van der Waals surface area contributed by atoms with E-state index in [0.29, 0.717) is 38.0 Å². The predicted molar refractivity (Wildman–Crippen MR) is 111 cm³/mol. The van der Waals surface area contributed by atoms with Gasteiger partial charge >= 0.3 is 0 Å². The molecule has 0 saturated carbocycles. The van der Waals surface area contributed by atoms with Crippen LogP contribution >= 0.6 is 0 Å². The fraction of sp³-hybridized carbons (Fsp3) is 0.409. The van der Waals surface area contributed by atoms with Crippen LogP contribution in [-0.4, -0.2) is 40.1 Å². The Morgan fingerprint density at radius 1 is 1.16 bits per heavy atom. The van der Waals surface area contributed by atoms with Gasteiger partial charge in [0.25, 0.3) is 5.89 Å². The highest BCUT2D eigenvalue weighted by Crippen LogP contribution is 2.26. The molecule has 0 aliphatic carbocycles. The topological polar surface area (TPSA) is 123 Å². The van der Waals surface area contributed by atoms with E-state index in [1.165, 1.54) is 12.3 Å². The van der Waals surface area contributed by atoms with Gasteiger partial charge < -0.3 is 19.6 Å². The second-order valence-electron chi connectivity index (χ2n) is 7.75. The molecule has 1 aliphatic heterocycles. The molecule has 1 aromatic carbocycles. The summed E-state index contributed by atoms with van der Waals surface area (Å²) in [6.07, 6.45) is 4.49. The largest absolute Gasteiger partial charge is 0.418 e. The number of amides is 1. The standard InChI is InChI=1S/C22H24FN5O4/c23-16-7-5-4-6-15(16)21-26-27-22(32-21)18(25-20(30)14-12-24-13-14)8-2-1-3-9-19(29)17-10-11-31-28-17/h4-7,10-11,14,18,24H,1-3,8-9,12-13H2,(H,25,30)/t18-/m0/s1. The van der Waals surface area contributed by atoms with Crippen molar-refractivity contribution in [3.05, 3.63) is 54.0 Å². The monoisotopic (exact) mass is 441 g/mol. The third-order valence-corrected chi connectivity index (χ3v) is 5.43. The molecule has 0 radical (unpaired) electrons. The van der Waals surface area contributed by atoms with Crippen molar-refractivity contribution in [1.29, 1.82) is 0 Å². The molecule has 1 aliphatic rings. The molecule has 9 nitrogen and oxygen atoms in total. The average Bonchev–Trinajstić information content (AvgIpc) is 3.44. The molecular weight excluding hydrogens is 417 g/mol. The van der Waals surface area contributed by atoms with Crippen LogP contribution in [-0.2, 0) is 4.79 Å². The Balaban J connectivity index is 1.36. The molecule has 168 valence electrons. The van der Waals surface area contributed by atoms with E-state index in [1.54, 1.807) is 24.3 Å². The maximum Gasteiger partial charge on any atom is 0.250 e. The zero-order chi connectivity index (χ0) is 22.3. The van der Waals surface area contributed by atoms with Crippen LogP contribution < -0.4 is 10.6 Å². The van der Waals surface area contributed by atoms with Crippen LogP contribution in [0.2, 0.25) is 0 Å². The van der Waals surface area contributed by atoms with E-state index in [-0.39, 0.29) is 35.0 Å². The summed E-state index contributed by atoms with van der Waals surface area (Å²) in [6.45, 7) is 1.26. The molecule has 2 aromatic heterocycles. The van der Waals surface area contributed by atoms with E-state index < -0.39 is 11.9 Å². The van der Waals surface area contributed by atoms with Gasteiger partial charge in [-0.05, 0) is 25.0 Å². The third-order valence-electron chi connectivity index (χ3n) is 5.43. The normalized spacial score (nSPS) is 14.7. The number of nitrogens with one attached hydrogen (secondary N) is 2. The van der Waals surface area contributed by atoms with Gasteiger partial charge in [-0.25, -0.2) is 4.39 Å². The number of nitrogens with zero attached hydrogens (tertiary/aromatic N) is 3. The number of hydrogen-bond acceptors (Lipinski definition) is 8. The first kappa shape index (κ1) is 21.8. The molecule has 3 heterocycles. The Kier molecular flexibility index (Phi) is 7.00. The summed E-state index contributed by atoms with van der Waals surface area (Å²) in [5.74, 6) is -0.385. The Labute approximate surface area is 183 Å². The lowest BCUT2D eigenvalue weighted by atomic mass is 10.0. The van der Waals surface area contributed by atoms with Crippen LogP contribution in [0.3, 0.4) is 0 Å². The molecule has 1 amide bonds. The predicted octanol–water partition coefficient (Wildman–Crippen LogP) is 3.07. The summed E-state index contributed by atoms with van der Waals surface area (Å²) >= 11 is 0.